The Morgan fingerprint density at radius 2 is 2.00 bits per heavy atom. The zero-order valence-corrected chi connectivity index (χ0v) is 10.7. The Hall–Kier alpha value is -1.33. The lowest BCUT2D eigenvalue weighted by Gasteiger charge is -2.11. The monoisotopic (exact) mass is 249 g/mol. The molecule has 0 bridgehead atoms. The minimum Gasteiger partial charge on any atom is -0.338 e. The van der Waals surface area contributed by atoms with Gasteiger partial charge in [-0.25, -0.2) is 0 Å². The van der Waals surface area contributed by atoms with Crippen LogP contribution in [-0.4, -0.2) is 10.1 Å². The van der Waals surface area contributed by atoms with E-state index >= 15 is 0 Å². The summed E-state index contributed by atoms with van der Waals surface area (Å²) in [5.74, 6) is 1.81. The van der Waals surface area contributed by atoms with Gasteiger partial charge in [0, 0.05) is 4.90 Å². The molecule has 2 aromatic rings. The maximum Gasteiger partial charge on any atom is 0.237 e. The van der Waals surface area contributed by atoms with Crippen LogP contribution in [0.1, 0.15) is 25.6 Å². The molecular formula is C12H15N3OS. The topological polar surface area (TPSA) is 64.9 Å². The van der Waals surface area contributed by atoms with Gasteiger partial charge >= 0.3 is 0 Å². The van der Waals surface area contributed by atoms with E-state index < -0.39 is 5.54 Å². The molecule has 1 aromatic carbocycles. The van der Waals surface area contributed by atoms with Crippen LogP contribution in [0.2, 0.25) is 0 Å². The van der Waals surface area contributed by atoms with E-state index in [0.29, 0.717) is 17.5 Å². The van der Waals surface area contributed by atoms with Crippen molar-refractivity contribution in [3.05, 3.63) is 42.0 Å². The van der Waals surface area contributed by atoms with Crippen LogP contribution < -0.4 is 5.73 Å². The van der Waals surface area contributed by atoms with Gasteiger partial charge in [0.05, 0.1) is 11.3 Å². The van der Waals surface area contributed by atoms with E-state index in [0.717, 1.165) is 0 Å². The first kappa shape index (κ1) is 12.1. The van der Waals surface area contributed by atoms with Crippen molar-refractivity contribution in [2.45, 2.75) is 30.0 Å². The van der Waals surface area contributed by atoms with Crippen LogP contribution in [0.4, 0.5) is 0 Å². The number of hydrogen-bond acceptors (Lipinski definition) is 5. The molecule has 0 aliphatic carbocycles. The zero-order valence-electron chi connectivity index (χ0n) is 9.88. The molecule has 90 valence electrons. The van der Waals surface area contributed by atoms with Crippen molar-refractivity contribution < 1.29 is 4.52 Å². The fourth-order valence-corrected chi connectivity index (χ4v) is 1.99. The third kappa shape index (κ3) is 3.31. The number of rotatable bonds is 4. The molecule has 4 nitrogen and oxygen atoms in total. The molecule has 1 heterocycles. The molecule has 2 rings (SSSR count). The van der Waals surface area contributed by atoms with Crippen molar-refractivity contribution in [1.29, 1.82) is 0 Å². The predicted molar refractivity (Wildman–Crippen MR) is 67.5 cm³/mol. The first-order valence-electron chi connectivity index (χ1n) is 5.35. The molecule has 0 amide bonds. The molecule has 0 unspecified atom stereocenters. The molecule has 0 fully saturated rings. The van der Waals surface area contributed by atoms with Crippen molar-refractivity contribution in [3.8, 4) is 0 Å². The van der Waals surface area contributed by atoms with E-state index in [2.05, 4.69) is 22.3 Å². The minimum atomic E-state index is -0.556. The molecule has 17 heavy (non-hydrogen) atoms. The Balaban J connectivity index is 1.99. The molecule has 0 atom stereocenters. The lowest BCUT2D eigenvalue weighted by Crippen LogP contribution is -2.30. The van der Waals surface area contributed by atoms with Crippen molar-refractivity contribution in [3.63, 3.8) is 0 Å². The van der Waals surface area contributed by atoms with E-state index in [1.54, 1.807) is 11.8 Å². The molecule has 0 spiro atoms. The summed E-state index contributed by atoms with van der Waals surface area (Å²) in [4.78, 5) is 5.45. The van der Waals surface area contributed by atoms with Gasteiger partial charge in [0.1, 0.15) is 0 Å². The fraction of sp³-hybridized carbons (Fsp3) is 0.333. The van der Waals surface area contributed by atoms with Crippen LogP contribution >= 0.6 is 11.8 Å². The SMILES string of the molecule is CC(C)(N)c1noc(CSc2ccccc2)n1. The summed E-state index contributed by atoms with van der Waals surface area (Å²) in [5.41, 5.74) is 5.33. The molecule has 5 heteroatoms. The van der Waals surface area contributed by atoms with E-state index in [1.807, 2.05) is 32.0 Å². The van der Waals surface area contributed by atoms with Crippen molar-refractivity contribution in [2.75, 3.05) is 0 Å². The molecule has 0 radical (unpaired) electrons. The van der Waals surface area contributed by atoms with Crippen LogP contribution in [0.25, 0.3) is 0 Å². The molecule has 0 saturated carbocycles. The van der Waals surface area contributed by atoms with Gasteiger partial charge in [0.15, 0.2) is 5.82 Å². The highest BCUT2D eigenvalue weighted by Crippen LogP contribution is 2.22. The smallest absolute Gasteiger partial charge is 0.237 e. The van der Waals surface area contributed by atoms with E-state index in [1.165, 1.54) is 4.90 Å². The highest BCUT2D eigenvalue weighted by molar-refractivity contribution is 7.98. The van der Waals surface area contributed by atoms with Crippen molar-refractivity contribution in [2.24, 2.45) is 5.73 Å². The van der Waals surface area contributed by atoms with Crippen LogP contribution in [0, 0.1) is 0 Å². The Bertz CT molecular complexity index is 476. The second-order valence-electron chi connectivity index (χ2n) is 4.34. The third-order valence-corrected chi connectivity index (χ3v) is 3.15. The number of aromatic nitrogens is 2. The van der Waals surface area contributed by atoms with Crippen molar-refractivity contribution >= 4 is 11.8 Å². The number of thioether (sulfide) groups is 1. The second kappa shape index (κ2) is 4.89. The standard InChI is InChI=1S/C12H15N3OS/c1-12(2,13)11-14-10(16-15-11)8-17-9-6-4-3-5-7-9/h3-7H,8,13H2,1-2H3. The second-order valence-corrected chi connectivity index (χ2v) is 5.38. The average Bonchev–Trinajstić information content (AvgIpc) is 2.76. The third-order valence-electron chi connectivity index (χ3n) is 2.15. The van der Waals surface area contributed by atoms with E-state index in [4.69, 9.17) is 10.3 Å². The Morgan fingerprint density at radius 3 is 2.59 bits per heavy atom. The summed E-state index contributed by atoms with van der Waals surface area (Å²) in [6.07, 6.45) is 0. The highest BCUT2D eigenvalue weighted by atomic mass is 32.2. The number of nitrogens with zero attached hydrogens (tertiary/aromatic N) is 2. The lowest BCUT2D eigenvalue weighted by molar-refractivity contribution is 0.370. The van der Waals surface area contributed by atoms with Gasteiger partial charge in [-0.05, 0) is 26.0 Å². The Kier molecular flexibility index (Phi) is 3.49. The normalized spacial score (nSPS) is 11.7. The van der Waals surface area contributed by atoms with Crippen LogP contribution in [0.5, 0.6) is 0 Å². The molecular weight excluding hydrogens is 234 g/mol. The lowest BCUT2D eigenvalue weighted by atomic mass is 10.1. The Labute approximate surface area is 105 Å². The zero-order chi connectivity index (χ0) is 12.3. The van der Waals surface area contributed by atoms with Crippen molar-refractivity contribution in [1.82, 2.24) is 10.1 Å². The summed E-state index contributed by atoms with van der Waals surface area (Å²) in [6.45, 7) is 3.71. The largest absolute Gasteiger partial charge is 0.338 e. The number of benzene rings is 1. The molecule has 2 N–H and O–H groups in total. The quantitative estimate of drug-likeness (QED) is 0.844. The van der Waals surface area contributed by atoms with Gasteiger partial charge in [0.25, 0.3) is 0 Å². The minimum absolute atomic E-state index is 0.543. The Morgan fingerprint density at radius 1 is 1.29 bits per heavy atom. The van der Waals surface area contributed by atoms with Gasteiger partial charge in [-0.15, -0.1) is 11.8 Å². The van der Waals surface area contributed by atoms with Gasteiger partial charge in [0.2, 0.25) is 5.89 Å². The van der Waals surface area contributed by atoms with Gasteiger partial charge in [-0.1, -0.05) is 23.4 Å². The van der Waals surface area contributed by atoms with E-state index in [-0.39, 0.29) is 0 Å². The highest BCUT2D eigenvalue weighted by Gasteiger charge is 2.21. The summed E-state index contributed by atoms with van der Waals surface area (Å²) < 4.78 is 5.15. The van der Waals surface area contributed by atoms with Crippen LogP contribution in [-0.2, 0) is 11.3 Å². The first-order valence-corrected chi connectivity index (χ1v) is 6.34. The number of nitrogens with two attached hydrogens (primary N) is 1. The summed E-state index contributed by atoms with van der Waals surface area (Å²) in [6, 6.07) is 10.1. The molecule has 0 aliphatic rings. The predicted octanol–water partition coefficient (Wildman–Crippen LogP) is 2.56. The molecule has 0 saturated heterocycles. The first-order chi connectivity index (χ1) is 8.05. The summed E-state index contributed by atoms with van der Waals surface area (Å²) in [7, 11) is 0. The average molecular weight is 249 g/mol. The fourth-order valence-electron chi connectivity index (χ4n) is 1.24. The van der Waals surface area contributed by atoms with Crippen LogP contribution in [0.15, 0.2) is 39.8 Å². The van der Waals surface area contributed by atoms with E-state index in [9.17, 15) is 0 Å². The van der Waals surface area contributed by atoms with Gasteiger partial charge < -0.3 is 10.3 Å². The van der Waals surface area contributed by atoms with Crippen LogP contribution in [0.3, 0.4) is 0 Å². The summed E-state index contributed by atoms with van der Waals surface area (Å²) in [5, 5.41) is 3.88. The molecule has 1 aromatic heterocycles. The van der Waals surface area contributed by atoms with Gasteiger partial charge in [-0.3, -0.25) is 0 Å². The maximum absolute atomic E-state index is 5.89. The number of hydrogen-bond donors (Lipinski definition) is 1. The molecule has 0 aliphatic heterocycles. The maximum atomic E-state index is 5.89. The van der Waals surface area contributed by atoms with Gasteiger partial charge in [-0.2, -0.15) is 4.98 Å². The summed E-state index contributed by atoms with van der Waals surface area (Å²) >= 11 is 1.66.